The third-order valence-electron chi connectivity index (χ3n) is 4.48. The van der Waals surface area contributed by atoms with E-state index < -0.39 is 56.8 Å². The minimum Gasteiger partial charge on any atom is -0.484 e. The molecule has 2 aliphatic rings. The molecule has 2 amide bonds. The topological polar surface area (TPSA) is 139 Å². The molecule has 0 radical (unpaired) electrons. The Labute approximate surface area is 160 Å². The fraction of sp³-hybridized carbons (Fsp3) is 0.353. The molecule has 3 rings (SSSR count). The number of β-lactam (4-membered cyclic amide) rings is 1. The normalized spacial score (nSPS) is 25.6. The smallest absolute Gasteiger partial charge is 0.352 e. The molecule has 0 aliphatic carbocycles. The number of carbonyl (C=O) groups is 3. The highest BCUT2D eigenvalue weighted by Gasteiger charge is 2.71. The molecular formula is C17H18N2O8S. The highest BCUT2D eigenvalue weighted by atomic mass is 32.2. The summed E-state index contributed by atoms with van der Waals surface area (Å²) in [5, 5.41) is 9.94. The first kappa shape index (κ1) is 19.8. The second-order valence-electron chi connectivity index (χ2n) is 6.36. The van der Waals surface area contributed by atoms with Crippen LogP contribution in [0.3, 0.4) is 0 Å². The van der Waals surface area contributed by atoms with Gasteiger partial charge in [-0.1, -0.05) is 18.2 Å². The molecule has 10 nitrogen and oxygen atoms in total. The average molecular weight is 410 g/mol. The van der Waals surface area contributed by atoms with E-state index in [9.17, 15) is 27.9 Å². The van der Waals surface area contributed by atoms with Crippen LogP contribution >= 0.6 is 0 Å². The molecule has 0 unspecified atom stereocenters. The van der Waals surface area contributed by atoms with E-state index in [0.29, 0.717) is 10.6 Å². The fourth-order valence-corrected chi connectivity index (χ4v) is 5.52. The SMILES string of the molecule is CO[C@@]1(NC(=O)COc2ccccc2)C(=O)N2C(C(=O)O)=C(C)CS(=O)(=O)[C@@H]21. The zero-order valence-electron chi connectivity index (χ0n) is 15.0. The molecule has 1 saturated heterocycles. The van der Waals surface area contributed by atoms with Gasteiger partial charge in [0.1, 0.15) is 11.4 Å². The maximum atomic E-state index is 12.7. The van der Waals surface area contributed by atoms with Gasteiger partial charge in [-0.25, -0.2) is 13.2 Å². The van der Waals surface area contributed by atoms with Gasteiger partial charge in [-0.15, -0.1) is 0 Å². The monoisotopic (exact) mass is 410 g/mol. The summed E-state index contributed by atoms with van der Waals surface area (Å²) < 4.78 is 35.6. The summed E-state index contributed by atoms with van der Waals surface area (Å²) in [4.78, 5) is 37.1. The molecular weight excluding hydrogens is 392 g/mol. The third kappa shape index (κ3) is 3.02. The molecule has 0 saturated carbocycles. The van der Waals surface area contributed by atoms with Crippen molar-refractivity contribution >= 4 is 27.6 Å². The van der Waals surface area contributed by atoms with E-state index >= 15 is 0 Å². The number of carboxylic acids is 1. The Morgan fingerprint density at radius 1 is 1.32 bits per heavy atom. The lowest BCUT2D eigenvalue weighted by molar-refractivity contribution is -0.193. The van der Waals surface area contributed by atoms with Crippen molar-refractivity contribution in [3.8, 4) is 5.75 Å². The van der Waals surface area contributed by atoms with E-state index in [1.54, 1.807) is 30.3 Å². The Bertz CT molecular complexity index is 972. The van der Waals surface area contributed by atoms with Crippen LogP contribution in [0.15, 0.2) is 41.6 Å². The largest absolute Gasteiger partial charge is 0.484 e. The first-order chi connectivity index (χ1) is 13.1. The molecule has 0 aromatic heterocycles. The number of para-hydroxylation sites is 1. The number of fused-ring (bicyclic) bond motifs is 1. The zero-order valence-corrected chi connectivity index (χ0v) is 15.9. The molecule has 28 heavy (non-hydrogen) atoms. The van der Waals surface area contributed by atoms with Gasteiger partial charge in [-0.3, -0.25) is 14.5 Å². The number of amides is 2. The lowest BCUT2D eigenvalue weighted by Crippen LogP contribution is -2.84. The van der Waals surface area contributed by atoms with Gasteiger partial charge in [0.2, 0.25) is 0 Å². The van der Waals surface area contributed by atoms with E-state index in [1.165, 1.54) is 6.92 Å². The third-order valence-corrected chi connectivity index (χ3v) is 6.54. The van der Waals surface area contributed by atoms with Crippen LogP contribution in [0.25, 0.3) is 0 Å². The molecule has 1 aromatic carbocycles. The van der Waals surface area contributed by atoms with Crippen molar-refractivity contribution in [3.05, 3.63) is 41.6 Å². The number of ether oxygens (including phenoxy) is 2. The maximum absolute atomic E-state index is 12.7. The number of nitrogens with zero attached hydrogens (tertiary/aromatic N) is 1. The van der Waals surface area contributed by atoms with E-state index in [-0.39, 0.29) is 5.57 Å². The van der Waals surface area contributed by atoms with Crippen LogP contribution in [-0.4, -0.2) is 66.8 Å². The van der Waals surface area contributed by atoms with Crippen LogP contribution < -0.4 is 10.1 Å². The van der Waals surface area contributed by atoms with Crippen LogP contribution in [0.4, 0.5) is 0 Å². The van der Waals surface area contributed by atoms with Gasteiger partial charge < -0.3 is 19.9 Å². The highest BCUT2D eigenvalue weighted by Crippen LogP contribution is 2.43. The zero-order chi connectivity index (χ0) is 20.7. The molecule has 2 heterocycles. The standard InChI is InChI=1S/C17H18N2O8S/c1-10-9-28(24,25)16-17(26-2,15(23)19(16)13(10)14(21)22)18-12(20)8-27-11-6-4-3-5-7-11/h3-7,16H,8-9H2,1-2H3,(H,18,20)(H,21,22)/t16-,17+/m1/s1. The minimum absolute atomic E-state index is 0.0283. The van der Waals surface area contributed by atoms with E-state index in [4.69, 9.17) is 9.47 Å². The molecule has 150 valence electrons. The number of rotatable bonds is 6. The quantitative estimate of drug-likeness (QED) is 0.472. The summed E-state index contributed by atoms with van der Waals surface area (Å²) in [6.07, 6.45) is 0. The van der Waals surface area contributed by atoms with Gasteiger partial charge in [-0.2, -0.15) is 0 Å². The van der Waals surface area contributed by atoms with Crippen LogP contribution in [0.2, 0.25) is 0 Å². The van der Waals surface area contributed by atoms with Gasteiger partial charge in [-0.05, 0) is 24.6 Å². The number of carboxylic acid groups (broad SMARTS) is 1. The number of aliphatic carboxylic acids is 1. The summed E-state index contributed by atoms with van der Waals surface area (Å²) in [6, 6.07) is 8.40. The number of benzene rings is 1. The summed E-state index contributed by atoms with van der Waals surface area (Å²) >= 11 is 0. The Morgan fingerprint density at radius 2 is 1.96 bits per heavy atom. The second-order valence-corrected chi connectivity index (χ2v) is 8.42. The molecule has 2 N–H and O–H groups in total. The van der Waals surface area contributed by atoms with Crippen LogP contribution in [0.1, 0.15) is 6.92 Å². The van der Waals surface area contributed by atoms with Crippen molar-refractivity contribution in [2.45, 2.75) is 18.0 Å². The van der Waals surface area contributed by atoms with Crippen molar-refractivity contribution < 1.29 is 37.4 Å². The molecule has 11 heteroatoms. The van der Waals surface area contributed by atoms with E-state index in [1.807, 2.05) is 0 Å². The molecule has 1 fully saturated rings. The number of hydrogen-bond donors (Lipinski definition) is 2. The first-order valence-electron chi connectivity index (χ1n) is 8.16. The number of nitrogens with one attached hydrogen (secondary N) is 1. The second kappa shape index (κ2) is 6.91. The van der Waals surface area contributed by atoms with Gasteiger partial charge in [0.15, 0.2) is 21.8 Å². The van der Waals surface area contributed by atoms with Crippen molar-refractivity contribution in [1.82, 2.24) is 10.2 Å². The van der Waals surface area contributed by atoms with Crippen LogP contribution in [-0.2, 0) is 29.0 Å². The lowest BCUT2D eigenvalue weighted by atomic mass is 9.98. The Kier molecular flexibility index (Phi) is 4.90. The Hall–Kier alpha value is -2.92. The molecule has 0 bridgehead atoms. The van der Waals surface area contributed by atoms with E-state index in [2.05, 4.69) is 5.32 Å². The summed E-state index contributed by atoms with van der Waals surface area (Å²) in [7, 11) is -2.94. The number of methoxy groups -OCH3 is 1. The van der Waals surface area contributed by atoms with Gasteiger partial charge in [0, 0.05) is 7.11 Å². The Morgan fingerprint density at radius 3 is 2.54 bits per heavy atom. The summed E-state index contributed by atoms with van der Waals surface area (Å²) in [6.45, 7) is 0.833. The Balaban J connectivity index is 1.85. The first-order valence-corrected chi connectivity index (χ1v) is 9.88. The van der Waals surface area contributed by atoms with Crippen molar-refractivity contribution in [3.63, 3.8) is 0 Å². The molecule has 2 atom stereocenters. The van der Waals surface area contributed by atoms with Crippen molar-refractivity contribution in [2.75, 3.05) is 19.5 Å². The number of sulfone groups is 1. The number of hydrogen-bond acceptors (Lipinski definition) is 7. The van der Waals surface area contributed by atoms with Gasteiger partial charge in [0.05, 0.1) is 5.75 Å². The summed E-state index contributed by atoms with van der Waals surface area (Å²) in [5.74, 6) is -3.37. The van der Waals surface area contributed by atoms with E-state index in [0.717, 1.165) is 7.11 Å². The van der Waals surface area contributed by atoms with Crippen molar-refractivity contribution in [1.29, 1.82) is 0 Å². The predicted molar refractivity (Wildman–Crippen MR) is 94.6 cm³/mol. The van der Waals surface area contributed by atoms with Crippen molar-refractivity contribution in [2.24, 2.45) is 0 Å². The fourth-order valence-electron chi connectivity index (χ4n) is 3.34. The van der Waals surface area contributed by atoms with Gasteiger partial charge >= 0.3 is 5.97 Å². The van der Waals surface area contributed by atoms with Crippen LogP contribution in [0.5, 0.6) is 5.75 Å². The predicted octanol–water partition coefficient (Wildman–Crippen LogP) is -0.520. The lowest BCUT2D eigenvalue weighted by Gasteiger charge is -2.55. The highest BCUT2D eigenvalue weighted by molar-refractivity contribution is 7.92. The molecule has 2 aliphatic heterocycles. The van der Waals surface area contributed by atoms with Gasteiger partial charge in [0.25, 0.3) is 17.5 Å². The average Bonchev–Trinajstić information content (AvgIpc) is 2.63. The summed E-state index contributed by atoms with van der Waals surface area (Å²) in [5.41, 5.74) is -2.61. The maximum Gasteiger partial charge on any atom is 0.352 e. The van der Waals surface area contributed by atoms with Crippen LogP contribution in [0, 0.1) is 0 Å². The minimum atomic E-state index is -4.00. The molecule has 1 aromatic rings. The number of carbonyl (C=O) groups excluding carboxylic acids is 2. The molecule has 0 spiro atoms.